The standard InChI is InChI=1S/C15H23F3N2/c1-11(2)14(10-20(3)4)19-9-12-6-5-7-13(8-12)15(16,17)18/h5-8,11,14,19H,9-10H2,1-4H3. The molecular formula is C15H23F3N2. The van der Waals surface area contributed by atoms with Crippen LogP contribution in [0.15, 0.2) is 24.3 Å². The molecule has 0 radical (unpaired) electrons. The van der Waals surface area contributed by atoms with Gasteiger partial charge < -0.3 is 10.2 Å². The van der Waals surface area contributed by atoms with Crippen LogP contribution in [-0.4, -0.2) is 31.6 Å². The first kappa shape index (κ1) is 17.0. The number of nitrogens with zero attached hydrogens (tertiary/aromatic N) is 1. The van der Waals surface area contributed by atoms with Crippen molar-refractivity contribution in [2.75, 3.05) is 20.6 Å². The molecule has 0 heterocycles. The minimum atomic E-state index is -4.28. The smallest absolute Gasteiger partial charge is 0.308 e. The highest BCUT2D eigenvalue weighted by atomic mass is 19.4. The number of benzene rings is 1. The normalized spacial score (nSPS) is 14.1. The summed E-state index contributed by atoms with van der Waals surface area (Å²) in [6.45, 7) is 5.51. The molecule has 0 saturated carbocycles. The molecule has 1 atom stereocenters. The molecule has 0 aliphatic carbocycles. The van der Waals surface area contributed by atoms with Gasteiger partial charge in [0.15, 0.2) is 0 Å². The number of hydrogen-bond donors (Lipinski definition) is 1. The summed E-state index contributed by atoms with van der Waals surface area (Å²) < 4.78 is 37.9. The number of alkyl halides is 3. The van der Waals surface area contributed by atoms with E-state index in [-0.39, 0.29) is 6.04 Å². The van der Waals surface area contributed by atoms with E-state index in [1.54, 1.807) is 6.07 Å². The number of hydrogen-bond acceptors (Lipinski definition) is 2. The van der Waals surface area contributed by atoms with Crippen LogP contribution in [0.3, 0.4) is 0 Å². The Balaban J connectivity index is 2.68. The van der Waals surface area contributed by atoms with Crippen LogP contribution in [0, 0.1) is 5.92 Å². The Morgan fingerprint density at radius 1 is 1.20 bits per heavy atom. The summed E-state index contributed by atoms with van der Waals surface area (Å²) in [7, 11) is 3.97. The van der Waals surface area contributed by atoms with Crippen LogP contribution in [0.2, 0.25) is 0 Å². The second kappa shape index (κ2) is 7.09. The second-order valence-electron chi connectivity index (χ2n) is 5.69. The lowest BCUT2D eigenvalue weighted by Crippen LogP contribution is -2.41. The van der Waals surface area contributed by atoms with Gasteiger partial charge in [-0.3, -0.25) is 0 Å². The zero-order valence-corrected chi connectivity index (χ0v) is 12.5. The van der Waals surface area contributed by atoms with Gasteiger partial charge >= 0.3 is 6.18 Å². The van der Waals surface area contributed by atoms with Gasteiger partial charge in [-0.2, -0.15) is 13.2 Å². The van der Waals surface area contributed by atoms with E-state index in [1.165, 1.54) is 12.1 Å². The van der Waals surface area contributed by atoms with Gasteiger partial charge in [0.2, 0.25) is 0 Å². The van der Waals surface area contributed by atoms with Gasteiger partial charge in [-0.1, -0.05) is 32.0 Å². The highest BCUT2D eigenvalue weighted by Gasteiger charge is 2.30. The lowest BCUT2D eigenvalue weighted by molar-refractivity contribution is -0.137. The Morgan fingerprint density at radius 3 is 2.35 bits per heavy atom. The highest BCUT2D eigenvalue weighted by molar-refractivity contribution is 5.25. The fraction of sp³-hybridized carbons (Fsp3) is 0.600. The van der Waals surface area contributed by atoms with Crippen molar-refractivity contribution in [1.29, 1.82) is 0 Å². The molecule has 0 aliphatic heterocycles. The minimum absolute atomic E-state index is 0.250. The molecule has 0 aromatic heterocycles. The van der Waals surface area contributed by atoms with Crippen LogP contribution >= 0.6 is 0 Å². The quantitative estimate of drug-likeness (QED) is 0.863. The molecule has 114 valence electrons. The van der Waals surface area contributed by atoms with Gasteiger partial charge in [0.05, 0.1) is 5.56 Å². The van der Waals surface area contributed by atoms with E-state index in [0.717, 1.165) is 12.6 Å². The van der Waals surface area contributed by atoms with Crippen molar-refractivity contribution in [2.24, 2.45) is 5.92 Å². The monoisotopic (exact) mass is 288 g/mol. The van der Waals surface area contributed by atoms with Crippen molar-refractivity contribution in [1.82, 2.24) is 10.2 Å². The van der Waals surface area contributed by atoms with E-state index in [2.05, 4.69) is 24.1 Å². The first-order chi connectivity index (χ1) is 9.20. The Hall–Kier alpha value is -1.07. The molecule has 0 bridgehead atoms. The molecule has 20 heavy (non-hydrogen) atoms. The summed E-state index contributed by atoms with van der Waals surface area (Å²) in [6.07, 6.45) is -4.28. The SMILES string of the molecule is CC(C)C(CN(C)C)NCc1cccc(C(F)(F)F)c1. The summed E-state index contributed by atoms with van der Waals surface area (Å²) in [6, 6.07) is 5.73. The van der Waals surface area contributed by atoms with Crippen LogP contribution in [0.5, 0.6) is 0 Å². The van der Waals surface area contributed by atoms with Crippen molar-refractivity contribution in [2.45, 2.75) is 32.6 Å². The molecule has 0 amide bonds. The Morgan fingerprint density at radius 2 is 1.85 bits per heavy atom. The molecule has 1 unspecified atom stereocenters. The average molecular weight is 288 g/mol. The van der Waals surface area contributed by atoms with Crippen LogP contribution < -0.4 is 5.32 Å². The summed E-state index contributed by atoms with van der Waals surface area (Å²) in [5, 5.41) is 3.34. The summed E-state index contributed by atoms with van der Waals surface area (Å²) in [5.74, 6) is 0.420. The third-order valence-corrected chi connectivity index (χ3v) is 3.19. The summed E-state index contributed by atoms with van der Waals surface area (Å²) in [4.78, 5) is 2.07. The van der Waals surface area contributed by atoms with E-state index in [1.807, 2.05) is 14.1 Å². The largest absolute Gasteiger partial charge is 0.416 e. The minimum Gasteiger partial charge on any atom is -0.308 e. The molecule has 1 rings (SSSR count). The van der Waals surface area contributed by atoms with Crippen LogP contribution in [-0.2, 0) is 12.7 Å². The van der Waals surface area contributed by atoms with Crippen molar-refractivity contribution < 1.29 is 13.2 Å². The fourth-order valence-corrected chi connectivity index (χ4v) is 2.01. The summed E-state index contributed by atoms with van der Waals surface area (Å²) >= 11 is 0. The molecule has 0 spiro atoms. The van der Waals surface area contributed by atoms with Crippen molar-refractivity contribution in [3.63, 3.8) is 0 Å². The molecule has 5 heteroatoms. The fourth-order valence-electron chi connectivity index (χ4n) is 2.01. The molecule has 0 fully saturated rings. The predicted octanol–water partition coefficient (Wildman–Crippen LogP) is 3.38. The van der Waals surface area contributed by atoms with Gasteiger partial charge in [0.1, 0.15) is 0 Å². The second-order valence-corrected chi connectivity index (χ2v) is 5.69. The van der Waals surface area contributed by atoms with Crippen LogP contribution in [0.25, 0.3) is 0 Å². The molecule has 0 saturated heterocycles. The molecule has 1 N–H and O–H groups in total. The number of nitrogens with one attached hydrogen (secondary N) is 1. The molecule has 0 aliphatic rings. The number of likely N-dealkylation sites (N-methyl/N-ethyl adjacent to an activating group) is 1. The first-order valence-corrected chi connectivity index (χ1v) is 6.74. The summed E-state index contributed by atoms with van der Waals surface area (Å²) in [5.41, 5.74) is 0.0646. The van der Waals surface area contributed by atoms with Crippen molar-refractivity contribution >= 4 is 0 Å². The molecule has 2 nitrogen and oxygen atoms in total. The van der Waals surface area contributed by atoms with Crippen molar-refractivity contribution in [3.8, 4) is 0 Å². The van der Waals surface area contributed by atoms with E-state index in [0.29, 0.717) is 18.0 Å². The van der Waals surface area contributed by atoms with E-state index in [4.69, 9.17) is 0 Å². The maximum Gasteiger partial charge on any atom is 0.416 e. The average Bonchev–Trinajstić information content (AvgIpc) is 2.33. The predicted molar refractivity (Wildman–Crippen MR) is 75.5 cm³/mol. The van der Waals surface area contributed by atoms with Gasteiger partial charge in [0, 0.05) is 19.1 Å². The topological polar surface area (TPSA) is 15.3 Å². The van der Waals surface area contributed by atoms with E-state index < -0.39 is 11.7 Å². The van der Waals surface area contributed by atoms with Gasteiger partial charge in [-0.25, -0.2) is 0 Å². The maximum atomic E-state index is 12.6. The first-order valence-electron chi connectivity index (χ1n) is 6.74. The van der Waals surface area contributed by atoms with Gasteiger partial charge in [-0.15, -0.1) is 0 Å². The number of halogens is 3. The third-order valence-electron chi connectivity index (χ3n) is 3.19. The van der Waals surface area contributed by atoms with Gasteiger partial charge in [0.25, 0.3) is 0 Å². The maximum absolute atomic E-state index is 12.6. The van der Waals surface area contributed by atoms with Gasteiger partial charge in [-0.05, 0) is 31.6 Å². The Labute approximate surface area is 119 Å². The molecule has 1 aromatic carbocycles. The van der Waals surface area contributed by atoms with Crippen molar-refractivity contribution in [3.05, 3.63) is 35.4 Å². The zero-order chi connectivity index (χ0) is 15.3. The van der Waals surface area contributed by atoms with Crippen LogP contribution in [0.1, 0.15) is 25.0 Å². The molecular weight excluding hydrogens is 265 g/mol. The highest BCUT2D eigenvalue weighted by Crippen LogP contribution is 2.29. The van der Waals surface area contributed by atoms with E-state index in [9.17, 15) is 13.2 Å². The lowest BCUT2D eigenvalue weighted by atomic mass is 10.0. The number of rotatable bonds is 6. The third kappa shape index (κ3) is 5.51. The Kier molecular flexibility index (Phi) is 6.02. The van der Waals surface area contributed by atoms with E-state index >= 15 is 0 Å². The lowest BCUT2D eigenvalue weighted by Gasteiger charge is -2.26. The van der Waals surface area contributed by atoms with Crippen LogP contribution in [0.4, 0.5) is 13.2 Å². The Bertz CT molecular complexity index is 414. The zero-order valence-electron chi connectivity index (χ0n) is 12.5. The molecule has 1 aromatic rings.